The molecule has 0 aliphatic heterocycles. The van der Waals surface area contributed by atoms with E-state index in [9.17, 15) is 9.59 Å². The van der Waals surface area contributed by atoms with Crippen molar-refractivity contribution >= 4 is 11.9 Å². The van der Waals surface area contributed by atoms with Crippen molar-refractivity contribution in [1.82, 2.24) is 0 Å². The van der Waals surface area contributed by atoms with Gasteiger partial charge in [-0.3, -0.25) is 0 Å². The lowest BCUT2D eigenvalue weighted by Gasteiger charge is -2.02. The van der Waals surface area contributed by atoms with E-state index < -0.39 is 57.6 Å². The fourth-order valence-electron chi connectivity index (χ4n) is 1.56. The first-order valence-electron chi connectivity index (χ1n) is 6.01. The number of hydrogen-bond acceptors (Lipinski definition) is 8. The van der Waals surface area contributed by atoms with Crippen LogP contribution in [0.1, 0.15) is 20.7 Å². The molecule has 0 unspecified atom stereocenters. The summed E-state index contributed by atoms with van der Waals surface area (Å²) in [7, 11) is 0. The molecular formula is C14H12O10. The lowest BCUT2D eigenvalue weighted by atomic mass is 10.1. The fraction of sp³-hybridized carbons (Fsp3) is 0. The second-order valence-electron chi connectivity index (χ2n) is 4.30. The Labute approximate surface area is 133 Å². The highest BCUT2D eigenvalue weighted by Crippen LogP contribution is 2.36. The van der Waals surface area contributed by atoms with Crippen LogP contribution in [-0.2, 0) is 0 Å². The first-order valence-corrected chi connectivity index (χ1v) is 6.01. The predicted octanol–water partition coefficient (Wildman–Crippen LogP) is 1.00. The normalized spacial score (nSPS) is 9.67. The largest absolute Gasteiger partial charge is 0.508 e. The fourth-order valence-corrected chi connectivity index (χ4v) is 1.56. The van der Waals surface area contributed by atoms with Crippen LogP contribution in [0.4, 0.5) is 0 Å². The summed E-state index contributed by atoms with van der Waals surface area (Å²) in [6.07, 6.45) is 0. The molecule has 0 atom stereocenters. The van der Waals surface area contributed by atoms with Crippen molar-refractivity contribution in [3.05, 3.63) is 35.4 Å². The van der Waals surface area contributed by atoms with Crippen molar-refractivity contribution in [3.8, 4) is 34.5 Å². The molecule has 0 saturated carbocycles. The first kappa shape index (κ1) is 18.2. The number of phenolic OH excluding ortho intramolecular Hbond substituents is 3. The number of aromatic hydroxyl groups is 6. The number of carbonyl (C=O) groups is 2. The van der Waals surface area contributed by atoms with Crippen LogP contribution in [0.15, 0.2) is 24.3 Å². The third kappa shape index (κ3) is 3.88. The van der Waals surface area contributed by atoms with Crippen LogP contribution in [-0.4, -0.2) is 52.8 Å². The van der Waals surface area contributed by atoms with Crippen LogP contribution in [0.5, 0.6) is 34.5 Å². The molecule has 24 heavy (non-hydrogen) atoms. The lowest BCUT2D eigenvalue weighted by Crippen LogP contribution is -1.96. The van der Waals surface area contributed by atoms with Gasteiger partial charge in [0.2, 0.25) is 5.75 Å². The molecule has 0 aliphatic carbocycles. The summed E-state index contributed by atoms with van der Waals surface area (Å²) in [5, 5.41) is 70.2. The number of rotatable bonds is 2. The zero-order chi connectivity index (χ0) is 18.6. The summed E-state index contributed by atoms with van der Waals surface area (Å²) in [6.45, 7) is 0. The summed E-state index contributed by atoms with van der Waals surface area (Å²) in [5.41, 5.74) is -1.07. The van der Waals surface area contributed by atoms with Crippen molar-refractivity contribution in [1.29, 1.82) is 0 Å². The summed E-state index contributed by atoms with van der Waals surface area (Å²) >= 11 is 0. The average Bonchev–Trinajstić information content (AvgIpc) is 2.43. The van der Waals surface area contributed by atoms with E-state index >= 15 is 0 Å². The summed E-state index contributed by atoms with van der Waals surface area (Å²) in [6, 6.07) is 3.65. The molecule has 0 aromatic heterocycles. The zero-order valence-corrected chi connectivity index (χ0v) is 11.7. The van der Waals surface area contributed by atoms with Gasteiger partial charge in [-0.1, -0.05) is 0 Å². The van der Waals surface area contributed by atoms with E-state index in [1.165, 1.54) is 0 Å². The summed E-state index contributed by atoms with van der Waals surface area (Å²) < 4.78 is 0. The van der Waals surface area contributed by atoms with Crippen LogP contribution in [0.25, 0.3) is 0 Å². The maximum atomic E-state index is 10.4. The lowest BCUT2D eigenvalue weighted by molar-refractivity contribution is 0.0680. The van der Waals surface area contributed by atoms with Gasteiger partial charge >= 0.3 is 11.9 Å². The Kier molecular flexibility index (Phi) is 5.29. The van der Waals surface area contributed by atoms with Crippen molar-refractivity contribution < 1.29 is 50.4 Å². The predicted molar refractivity (Wildman–Crippen MR) is 76.8 cm³/mol. The van der Waals surface area contributed by atoms with Crippen molar-refractivity contribution in [2.75, 3.05) is 0 Å². The molecule has 10 nitrogen and oxygen atoms in total. The van der Waals surface area contributed by atoms with Crippen LogP contribution >= 0.6 is 0 Å². The minimum atomic E-state index is -1.45. The molecular weight excluding hydrogens is 328 g/mol. The topological polar surface area (TPSA) is 196 Å². The number of aromatic carboxylic acids is 2. The maximum absolute atomic E-state index is 10.4. The molecule has 128 valence electrons. The standard InChI is InChI=1S/2C7H6O5/c8-3-1-4(9)6(7(11)12)5(10)2-3;8-4-2-1-3(7(11)12)5(9)6(4)10/h2*1-2,8-10H,(H,11,12). The number of hydrogen-bond donors (Lipinski definition) is 8. The highest BCUT2D eigenvalue weighted by molar-refractivity contribution is 5.94. The van der Waals surface area contributed by atoms with Gasteiger partial charge in [0.05, 0.1) is 0 Å². The molecule has 0 radical (unpaired) electrons. The molecule has 0 aliphatic rings. The third-order valence-electron chi connectivity index (χ3n) is 2.66. The molecule has 0 saturated heterocycles. The zero-order valence-electron chi connectivity index (χ0n) is 11.7. The smallest absolute Gasteiger partial charge is 0.343 e. The van der Waals surface area contributed by atoms with Gasteiger partial charge in [0.15, 0.2) is 11.5 Å². The number of benzene rings is 2. The van der Waals surface area contributed by atoms with E-state index in [2.05, 4.69) is 0 Å². The molecule has 2 aromatic carbocycles. The third-order valence-corrected chi connectivity index (χ3v) is 2.66. The van der Waals surface area contributed by atoms with Gasteiger partial charge in [0.25, 0.3) is 0 Å². The van der Waals surface area contributed by atoms with Gasteiger partial charge in [-0.05, 0) is 12.1 Å². The molecule has 0 bridgehead atoms. The SMILES string of the molecule is O=C(O)c1c(O)cc(O)cc1O.O=C(O)c1ccc(O)c(O)c1O. The maximum Gasteiger partial charge on any atom is 0.343 e. The molecule has 0 amide bonds. The van der Waals surface area contributed by atoms with Gasteiger partial charge in [0.1, 0.15) is 28.4 Å². The van der Waals surface area contributed by atoms with E-state index in [1.807, 2.05) is 0 Å². The summed E-state index contributed by atoms with van der Waals surface area (Å²) in [4.78, 5) is 20.7. The second kappa shape index (κ2) is 6.96. The number of carboxylic acid groups (broad SMARTS) is 2. The quantitative estimate of drug-likeness (QED) is 0.365. The van der Waals surface area contributed by atoms with E-state index in [0.717, 1.165) is 24.3 Å². The van der Waals surface area contributed by atoms with Gasteiger partial charge in [-0.2, -0.15) is 0 Å². The minimum absolute atomic E-state index is 0.394. The second-order valence-corrected chi connectivity index (χ2v) is 4.30. The van der Waals surface area contributed by atoms with Gasteiger partial charge in [-0.15, -0.1) is 0 Å². The van der Waals surface area contributed by atoms with Crippen molar-refractivity contribution in [2.45, 2.75) is 0 Å². The Hall–Kier alpha value is -3.82. The Morgan fingerprint density at radius 1 is 0.667 bits per heavy atom. The van der Waals surface area contributed by atoms with E-state index in [4.69, 9.17) is 40.9 Å². The first-order chi connectivity index (χ1) is 11.1. The Morgan fingerprint density at radius 3 is 1.58 bits per heavy atom. The molecule has 0 spiro atoms. The van der Waals surface area contributed by atoms with Crippen molar-refractivity contribution in [2.24, 2.45) is 0 Å². The molecule has 2 rings (SSSR count). The average molecular weight is 340 g/mol. The Bertz CT molecular complexity index is 773. The molecule has 0 heterocycles. The van der Waals surface area contributed by atoms with Crippen LogP contribution in [0, 0.1) is 0 Å². The van der Waals surface area contributed by atoms with Crippen LogP contribution in [0.3, 0.4) is 0 Å². The van der Waals surface area contributed by atoms with Gasteiger partial charge in [-0.25, -0.2) is 9.59 Å². The molecule has 2 aromatic rings. The highest BCUT2D eigenvalue weighted by atomic mass is 16.4. The Morgan fingerprint density at radius 2 is 1.17 bits per heavy atom. The molecule has 0 fully saturated rings. The van der Waals surface area contributed by atoms with Gasteiger partial charge < -0.3 is 40.9 Å². The van der Waals surface area contributed by atoms with E-state index in [1.54, 1.807) is 0 Å². The minimum Gasteiger partial charge on any atom is -0.508 e. The van der Waals surface area contributed by atoms with Gasteiger partial charge in [0, 0.05) is 12.1 Å². The molecule has 10 heteroatoms. The van der Waals surface area contributed by atoms with Crippen LogP contribution in [0.2, 0.25) is 0 Å². The summed E-state index contributed by atoms with van der Waals surface area (Å²) in [5.74, 6) is -6.77. The number of carboxylic acids is 2. The van der Waals surface area contributed by atoms with Crippen LogP contribution < -0.4 is 0 Å². The monoisotopic (exact) mass is 340 g/mol. The van der Waals surface area contributed by atoms with E-state index in [0.29, 0.717) is 0 Å². The number of phenols is 6. The van der Waals surface area contributed by atoms with E-state index in [-0.39, 0.29) is 0 Å². The highest BCUT2D eigenvalue weighted by Gasteiger charge is 2.16. The Balaban J connectivity index is 0.000000240. The molecule has 8 N–H and O–H groups in total. The van der Waals surface area contributed by atoms with Crippen molar-refractivity contribution in [3.63, 3.8) is 0 Å².